The predicted molar refractivity (Wildman–Crippen MR) is 74.7 cm³/mol. The summed E-state index contributed by atoms with van der Waals surface area (Å²) in [5, 5.41) is 8.84. The largest absolute Gasteiger partial charge is 0.497 e. The molecule has 7 heteroatoms. The Balaban J connectivity index is 2.46. The Bertz CT molecular complexity index is 814. The molecular formula is C14H13N3O4. The first-order valence-electron chi connectivity index (χ1n) is 6.03. The summed E-state index contributed by atoms with van der Waals surface area (Å²) < 4.78 is 11.6. The molecule has 1 aromatic carbocycles. The van der Waals surface area contributed by atoms with Crippen molar-refractivity contribution in [1.82, 2.24) is 9.55 Å². The highest BCUT2D eigenvalue weighted by Gasteiger charge is 2.09. The fourth-order valence-electron chi connectivity index (χ4n) is 1.87. The molecule has 0 spiro atoms. The second-order valence-electron chi connectivity index (χ2n) is 4.22. The third kappa shape index (κ3) is 2.95. The van der Waals surface area contributed by atoms with E-state index in [0.29, 0.717) is 11.5 Å². The first kappa shape index (κ1) is 14.4. The van der Waals surface area contributed by atoms with Gasteiger partial charge in [-0.2, -0.15) is 5.26 Å². The van der Waals surface area contributed by atoms with E-state index in [4.69, 9.17) is 14.7 Å². The van der Waals surface area contributed by atoms with E-state index >= 15 is 0 Å². The molecule has 0 atom stereocenters. The first-order valence-corrected chi connectivity index (χ1v) is 6.03. The van der Waals surface area contributed by atoms with Crippen LogP contribution in [-0.2, 0) is 6.54 Å². The molecule has 0 saturated heterocycles. The minimum Gasteiger partial charge on any atom is -0.497 e. The Kier molecular flexibility index (Phi) is 4.09. The Morgan fingerprint density at radius 2 is 2.05 bits per heavy atom. The van der Waals surface area contributed by atoms with Gasteiger partial charge in [0.05, 0.1) is 20.8 Å². The summed E-state index contributed by atoms with van der Waals surface area (Å²) in [6.45, 7) is 0.164. The number of nitrogens with one attached hydrogen (secondary N) is 1. The summed E-state index contributed by atoms with van der Waals surface area (Å²) in [5.41, 5.74) is -0.685. The average Bonchev–Trinajstić information content (AvgIpc) is 2.50. The molecule has 0 aliphatic heterocycles. The summed E-state index contributed by atoms with van der Waals surface area (Å²) in [6, 6.07) is 6.92. The molecule has 2 aromatic rings. The number of aromatic nitrogens is 2. The van der Waals surface area contributed by atoms with Crippen molar-refractivity contribution in [2.24, 2.45) is 0 Å². The van der Waals surface area contributed by atoms with Crippen LogP contribution in [0.1, 0.15) is 11.1 Å². The predicted octanol–water partition coefficient (Wildman–Crippen LogP) is 0.474. The topological polar surface area (TPSA) is 97.1 Å². The maximum atomic E-state index is 11.8. The molecule has 1 heterocycles. The maximum Gasteiger partial charge on any atom is 0.328 e. The number of H-pyrrole nitrogens is 1. The van der Waals surface area contributed by atoms with Crippen molar-refractivity contribution < 1.29 is 9.47 Å². The van der Waals surface area contributed by atoms with Crippen LogP contribution in [0.4, 0.5) is 0 Å². The van der Waals surface area contributed by atoms with Crippen LogP contribution in [0, 0.1) is 11.3 Å². The second-order valence-corrected chi connectivity index (χ2v) is 4.22. The monoisotopic (exact) mass is 287 g/mol. The van der Waals surface area contributed by atoms with Crippen molar-refractivity contribution >= 4 is 0 Å². The number of ether oxygens (including phenoxy) is 2. The van der Waals surface area contributed by atoms with Crippen molar-refractivity contribution in [1.29, 1.82) is 5.26 Å². The second kappa shape index (κ2) is 5.96. The minimum atomic E-state index is -0.694. The van der Waals surface area contributed by atoms with Crippen molar-refractivity contribution in [3.63, 3.8) is 0 Å². The van der Waals surface area contributed by atoms with Gasteiger partial charge in [-0.15, -0.1) is 0 Å². The van der Waals surface area contributed by atoms with Gasteiger partial charge < -0.3 is 9.47 Å². The summed E-state index contributed by atoms with van der Waals surface area (Å²) in [6.07, 6.45) is 1.23. The van der Waals surface area contributed by atoms with Gasteiger partial charge in [-0.3, -0.25) is 14.3 Å². The van der Waals surface area contributed by atoms with E-state index in [1.54, 1.807) is 31.4 Å². The van der Waals surface area contributed by atoms with E-state index in [-0.39, 0.29) is 12.1 Å². The molecule has 0 aliphatic rings. The van der Waals surface area contributed by atoms with E-state index in [1.165, 1.54) is 17.9 Å². The molecule has 0 unspecified atom stereocenters. The van der Waals surface area contributed by atoms with Crippen LogP contribution in [0.25, 0.3) is 0 Å². The average molecular weight is 287 g/mol. The zero-order valence-electron chi connectivity index (χ0n) is 11.5. The van der Waals surface area contributed by atoms with E-state index in [9.17, 15) is 9.59 Å². The lowest BCUT2D eigenvalue weighted by molar-refractivity contribution is 0.390. The smallest absolute Gasteiger partial charge is 0.328 e. The highest BCUT2D eigenvalue weighted by atomic mass is 16.5. The lowest BCUT2D eigenvalue weighted by atomic mass is 10.2. The lowest BCUT2D eigenvalue weighted by Crippen LogP contribution is -2.31. The van der Waals surface area contributed by atoms with Crippen LogP contribution in [0.5, 0.6) is 11.5 Å². The third-order valence-corrected chi connectivity index (χ3v) is 2.97. The van der Waals surface area contributed by atoms with Crippen LogP contribution in [-0.4, -0.2) is 23.8 Å². The molecule has 0 bridgehead atoms. The van der Waals surface area contributed by atoms with Crippen molar-refractivity contribution in [2.75, 3.05) is 14.2 Å². The Morgan fingerprint density at radius 1 is 1.29 bits per heavy atom. The van der Waals surface area contributed by atoms with Gasteiger partial charge in [-0.05, 0) is 12.1 Å². The van der Waals surface area contributed by atoms with Crippen molar-refractivity contribution in [3.8, 4) is 17.6 Å². The number of hydrogen-bond donors (Lipinski definition) is 1. The molecule has 7 nitrogen and oxygen atoms in total. The van der Waals surface area contributed by atoms with Crippen molar-refractivity contribution in [3.05, 3.63) is 56.4 Å². The summed E-state index contributed by atoms with van der Waals surface area (Å²) in [7, 11) is 3.05. The molecule has 21 heavy (non-hydrogen) atoms. The van der Waals surface area contributed by atoms with Crippen LogP contribution < -0.4 is 20.7 Å². The Morgan fingerprint density at radius 3 is 2.67 bits per heavy atom. The number of nitriles is 1. The van der Waals surface area contributed by atoms with Crippen LogP contribution >= 0.6 is 0 Å². The van der Waals surface area contributed by atoms with Crippen molar-refractivity contribution in [2.45, 2.75) is 6.54 Å². The number of hydrogen-bond acceptors (Lipinski definition) is 5. The lowest BCUT2D eigenvalue weighted by Gasteiger charge is -2.11. The molecule has 0 fully saturated rings. The van der Waals surface area contributed by atoms with Gasteiger partial charge >= 0.3 is 5.69 Å². The number of aromatic amines is 1. The molecule has 0 radical (unpaired) electrons. The van der Waals surface area contributed by atoms with Crippen LogP contribution in [0.2, 0.25) is 0 Å². The van der Waals surface area contributed by atoms with Gasteiger partial charge in [0.1, 0.15) is 23.1 Å². The Hall–Kier alpha value is -3.01. The Labute approximate surface area is 120 Å². The zero-order chi connectivity index (χ0) is 15.4. The van der Waals surface area contributed by atoms with Gasteiger partial charge in [-0.1, -0.05) is 0 Å². The van der Waals surface area contributed by atoms with Crippen LogP contribution in [0.15, 0.2) is 34.0 Å². The minimum absolute atomic E-state index is 0.123. The molecule has 2 rings (SSSR count). The molecule has 0 aliphatic carbocycles. The summed E-state index contributed by atoms with van der Waals surface area (Å²) in [5.74, 6) is 1.17. The number of methoxy groups -OCH3 is 2. The standard InChI is InChI=1S/C14H13N3O4/c1-20-11-4-3-9(12(5-11)21-2)7-17-8-10(6-15)13(18)16-14(17)19/h3-5,8H,7H2,1-2H3,(H,16,18,19). The summed E-state index contributed by atoms with van der Waals surface area (Å²) >= 11 is 0. The molecule has 1 aromatic heterocycles. The summed E-state index contributed by atoms with van der Waals surface area (Å²) in [4.78, 5) is 25.2. The van der Waals surface area contributed by atoms with Gasteiger partial charge in [0.25, 0.3) is 5.56 Å². The van der Waals surface area contributed by atoms with E-state index in [0.717, 1.165) is 5.56 Å². The third-order valence-electron chi connectivity index (χ3n) is 2.97. The maximum absolute atomic E-state index is 11.8. The fraction of sp³-hybridized carbons (Fsp3) is 0.214. The number of benzene rings is 1. The normalized spacial score (nSPS) is 9.95. The first-order chi connectivity index (χ1) is 10.1. The SMILES string of the molecule is COc1ccc(Cn2cc(C#N)c(=O)[nH]c2=O)c(OC)c1. The highest BCUT2D eigenvalue weighted by molar-refractivity contribution is 5.41. The van der Waals surface area contributed by atoms with E-state index in [1.807, 2.05) is 0 Å². The number of rotatable bonds is 4. The number of nitrogens with zero attached hydrogens (tertiary/aromatic N) is 2. The van der Waals surface area contributed by atoms with Crippen LogP contribution in [0.3, 0.4) is 0 Å². The van der Waals surface area contributed by atoms with E-state index in [2.05, 4.69) is 4.98 Å². The molecule has 0 amide bonds. The fourth-order valence-corrected chi connectivity index (χ4v) is 1.87. The van der Waals surface area contributed by atoms with Gasteiger partial charge in [0, 0.05) is 17.8 Å². The van der Waals surface area contributed by atoms with Gasteiger partial charge in [0.15, 0.2) is 0 Å². The van der Waals surface area contributed by atoms with Gasteiger partial charge in [-0.25, -0.2) is 4.79 Å². The van der Waals surface area contributed by atoms with E-state index < -0.39 is 11.2 Å². The molecular weight excluding hydrogens is 274 g/mol. The zero-order valence-corrected chi connectivity index (χ0v) is 11.5. The highest BCUT2D eigenvalue weighted by Crippen LogP contribution is 2.24. The molecule has 0 saturated carbocycles. The van der Waals surface area contributed by atoms with Gasteiger partial charge in [0.2, 0.25) is 0 Å². The quantitative estimate of drug-likeness (QED) is 0.881. The molecule has 108 valence electrons. The molecule has 1 N–H and O–H groups in total.